The van der Waals surface area contributed by atoms with E-state index in [0.29, 0.717) is 20.7 Å². The fraction of sp³-hybridized carbons (Fsp3) is 0. The standard InChI is InChI=1S/C15H10ClN3O2S/c16-13-7-6-12(22-13)14(20)19-10-8-17-15(18-9-10)21-11-4-2-1-3-5-11/h1-9H,(H,19,20). The van der Waals surface area contributed by atoms with Crippen molar-refractivity contribution in [3.8, 4) is 11.8 Å². The van der Waals surface area contributed by atoms with Crippen LogP contribution in [0.25, 0.3) is 0 Å². The predicted octanol–water partition coefficient (Wildman–Crippen LogP) is 4.24. The van der Waals surface area contributed by atoms with Crippen molar-refractivity contribution in [3.63, 3.8) is 0 Å². The number of benzene rings is 1. The summed E-state index contributed by atoms with van der Waals surface area (Å²) in [5.74, 6) is 0.393. The number of amides is 1. The van der Waals surface area contributed by atoms with Crippen LogP contribution in [0, 0.1) is 0 Å². The highest BCUT2D eigenvalue weighted by Gasteiger charge is 2.09. The lowest BCUT2D eigenvalue weighted by molar-refractivity contribution is 0.103. The van der Waals surface area contributed by atoms with E-state index in [4.69, 9.17) is 16.3 Å². The molecule has 1 amide bonds. The Morgan fingerprint density at radius 2 is 1.82 bits per heavy atom. The van der Waals surface area contributed by atoms with E-state index in [1.807, 2.05) is 18.2 Å². The molecule has 2 heterocycles. The SMILES string of the molecule is O=C(Nc1cnc(Oc2ccccc2)nc1)c1ccc(Cl)s1. The minimum absolute atomic E-state index is 0.211. The number of carbonyl (C=O) groups is 1. The second-order valence-corrected chi connectivity index (χ2v) is 5.94. The van der Waals surface area contributed by atoms with E-state index in [9.17, 15) is 4.79 Å². The summed E-state index contributed by atoms with van der Waals surface area (Å²) in [4.78, 5) is 20.6. The van der Waals surface area contributed by atoms with Gasteiger partial charge in [-0.15, -0.1) is 11.3 Å². The van der Waals surface area contributed by atoms with Crippen molar-refractivity contribution < 1.29 is 9.53 Å². The van der Waals surface area contributed by atoms with Gasteiger partial charge in [0.1, 0.15) is 5.75 Å². The summed E-state index contributed by atoms with van der Waals surface area (Å²) in [6, 6.07) is 12.8. The second-order valence-electron chi connectivity index (χ2n) is 4.23. The molecule has 7 heteroatoms. The molecule has 22 heavy (non-hydrogen) atoms. The van der Waals surface area contributed by atoms with E-state index >= 15 is 0 Å². The van der Waals surface area contributed by atoms with Crippen molar-refractivity contribution in [1.29, 1.82) is 0 Å². The first-order valence-electron chi connectivity index (χ1n) is 6.32. The first-order chi connectivity index (χ1) is 10.7. The molecule has 1 N–H and O–H groups in total. The van der Waals surface area contributed by atoms with Crippen LogP contribution in [0.5, 0.6) is 11.8 Å². The van der Waals surface area contributed by atoms with Gasteiger partial charge in [-0.1, -0.05) is 29.8 Å². The summed E-state index contributed by atoms with van der Waals surface area (Å²) in [5, 5.41) is 2.69. The summed E-state index contributed by atoms with van der Waals surface area (Å²) in [6.45, 7) is 0. The maximum atomic E-state index is 12.0. The van der Waals surface area contributed by atoms with Crippen LogP contribution in [0.15, 0.2) is 54.9 Å². The van der Waals surface area contributed by atoms with Gasteiger partial charge in [0.2, 0.25) is 0 Å². The molecular formula is C15H10ClN3O2S. The number of para-hydroxylation sites is 1. The maximum absolute atomic E-state index is 12.0. The van der Waals surface area contributed by atoms with Gasteiger partial charge in [-0.3, -0.25) is 4.79 Å². The van der Waals surface area contributed by atoms with Gasteiger partial charge in [-0.25, -0.2) is 9.97 Å². The third kappa shape index (κ3) is 3.60. The molecule has 0 radical (unpaired) electrons. The first kappa shape index (κ1) is 14.5. The lowest BCUT2D eigenvalue weighted by Crippen LogP contribution is -2.10. The van der Waals surface area contributed by atoms with Crippen molar-refractivity contribution in [3.05, 3.63) is 64.1 Å². The molecule has 0 aliphatic heterocycles. The largest absolute Gasteiger partial charge is 0.424 e. The number of hydrogen-bond donors (Lipinski definition) is 1. The molecule has 1 aromatic carbocycles. The second kappa shape index (κ2) is 6.55. The molecular weight excluding hydrogens is 322 g/mol. The van der Waals surface area contributed by atoms with Crippen LogP contribution in [0.1, 0.15) is 9.67 Å². The number of nitrogens with one attached hydrogen (secondary N) is 1. The van der Waals surface area contributed by atoms with Gasteiger partial charge < -0.3 is 10.1 Å². The Morgan fingerprint density at radius 3 is 2.45 bits per heavy atom. The van der Waals surface area contributed by atoms with Crippen molar-refractivity contribution in [2.45, 2.75) is 0 Å². The Morgan fingerprint density at radius 1 is 1.09 bits per heavy atom. The monoisotopic (exact) mass is 331 g/mol. The van der Waals surface area contributed by atoms with Crippen molar-refractivity contribution in [2.24, 2.45) is 0 Å². The Kier molecular flexibility index (Phi) is 4.32. The third-order valence-electron chi connectivity index (χ3n) is 2.64. The molecule has 0 bridgehead atoms. The molecule has 0 aliphatic carbocycles. The Balaban J connectivity index is 1.65. The average molecular weight is 332 g/mol. The van der Waals surface area contributed by atoms with Crippen LogP contribution in [0.2, 0.25) is 4.34 Å². The maximum Gasteiger partial charge on any atom is 0.322 e. The fourth-order valence-electron chi connectivity index (χ4n) is 1.66. The van der Waals surface area contributed by atoms with Crippen LogP contribution in [0.3, 0.4) is 0 Å². The number of anilines is 1. The molecule has 0 aliphatic rings. The number of hydrogen-bond acceptors (Lipinski definition) is 5. The van der Waals surface area contributed by atoms with Gasteiger partial charge in [-0.05, 0) is 24.3 Å². The lowest BCUT2D eigenvalue weighted by Gasteiger charge is -2.05. The molecule has 0 saturated heterocycles. The molecule has 0 spiro atoms. The lowest BCUT2D eigenvalue weighted by atomic mass is 10.3. The number of nitrogens with zero attached hydrogens (tertiary/aromatic N) is 2. The van der Waals surface area contributed by atoms with Gasteiger partial charge in [0.05, 0.1) is 27.3 Å². The average Bonchev–Trinajstić information content (AvgIpc) is 2.97. The molecule has 0 fully saturated rings. The van der Waals surface area contributed by atoms with Crippen molar-refractivity contribution in [1.82, 2.24) is 9.97 Å². The van der Waals surface area contributed by atoms with E-state index in [1.54, 1.807) is 24.3 Å². The summed E-state index contributed by atoms with van der Waals surface area (Å²) < 4.78 is 6.04. The number of thiophene rings is 1. The number of rotatable bonds is 4. The zero-order valence-corrected chi connectivity index (χ0v) is 12.8. The molecule has 110 valence electrons. The molecule has 0 unspecified atom stereocenters. The number of halogens is 1. The Labute approximate surface area is 135 Å². The quantitative estimate of drug-likeness (QED) is 0.776. The minimum Gasteiger partial charge on any atom is -0.424 e. The molecule has 2 aromatic heterocycles. The van der Waals surface area contributed by atoms with E-state index in [1.165, 1.54) is 23.7 Å². The van der Waals surface area contributed by atoms with Gasteiger partial charge in [0.25, 0.3) is 5.91 Å². The van der Waals surface area contributed by atoms with Crippen molar-refractivity contribution >= 4 is 34.5 Å². The van der Waals surface area contributed by atoms with Gasteiger partial charge in [0, 0.05) is 0 Å². The molecule has 0 atom stereocenters. The van der Waals surface area contributed by atoms with E-state index < -0.39 is 0 Å². The predicted molar refractivity (Wildman–Crippen MR) is 85.8 cm³/mol. The minimum atomic E-state index is -0.253. The van der Waals surface area contributed by atoms with Gasteiger partial charge in [-0.2, -0.15) is 0 Å². The summed E-state index contributed by atoms with van der Waals surface area (Å²) in [6.07, 6.45) is 2.97. The highest BCUT2D eigenvalue weighted by molar-refractivity contribution is 7.18. The molecule has 5 nitrogen and oxygen atoms in total. The van der Waals surface area contributed by atoms with Gasteiger partial charge in [0.15, 0.2) is 0 Å². The molecule has 0 saturated carbocycles. The third-order valence-corrected chi connectivity index (χ3v) is 3.87. The van der Waals surface area contributed by atoms with E-state index in [0.717, 1.165) is 0 Å². The Bertz CT molecular complexity index is 775. The van der Waals surface area contributed by atoms with Crippen LogP contribution in [-0.4, -0.2) is 15.9 Å². The first-order valence-corrected chi connectivity index (χ1v) is 7.52. The zero-order chi connectivity index (χ0) is 15.4. The van der Waals surface area contributed by atoms with E-state index in [-0.39, 0.29) is 11.9 Å². The number of carbonyl (C=O) groups excluding carboxylic acids is 1. The molecule has 3 rings (SSSR count). The smallest absolute Gasteiger partial charge is 0.322 e. The summed E-state index contributed by atoms with van der Waals surface area (Å²) in [5.41, 5.74) is 0.481. The summed E-state index contributed by atoms with van der Waals surface area (Å²) in [7, 11) is 0. The van der Waals surface area contributed by atoms with E-state index in [2.05, 4.69) is 15.3 Å². The van der Waals surface area contributed by atoms with Crippen LogP contribution in [-0.2, 0) is 0 Å². The van der Waals surface area contributed by atoms with Crippen LogP contribution < -0.4 is 10.1 Å². The summed E-state index contributed by atoms with van der Waals surface area (Å²) >= 11 is 7.01. The highest BCUT2D eigenvalue weighted by atomic mass is 35.5. The fourth-order valence-corrected chi connectivity index (χ4v) is 2.59. The van der Waals surface area contributed by atoms with Crippen LogP contribution >= 0.6 is 22.9 Å². The highest BCUT2D eigenvalue weighted by Crippen LogP contribution is 2.22. The van der Waals surface area contributed by atoms with Gasteiger partial charge >= 0.3 is 6.01 Å². The number of aromatic nitrogens is 2. The topological polar surface area (TPSA) is 64.1 Å². The van der Waals surface area contributed by atoms with Crippen molar-refractivity contribution in [2.75, 3.05) is 5.32 Å². The number of ether oxygens (including phenoxy) is 1. The Hall–Kier alpha value is -2.44. The van der Waals surface area contributed by atoms with Crippen LogP contribution in [0.4, 0.5) is 5.69 Å². The normalized spacial score (nSPS) is 10.2. The zero-order valence-electron chi connectivity index (χ0n) is 11.2. The molecule has 3 aromatic rings.